The van der Waals surface area contributed by atoms with Crippen molar-refractivity contribution < 1.29 is 4.42 Å². The number of hydrogen-bond acceptors (Lipinski definition) is 4. The molecule has 4 nitrogen and oxygen atoms in total. The summed E-state index contributed by atoms with van der Waals surface area (Å²) < 4.78 is 6.26. The van der Waals surface area contributed by atoms with Crippen LogP contribution in [-0.2, 0) is 0 Å². The molecule has 2 aromatic heterocycles. The van der Waals surface area contributed by atoms with Gasteiger partial charge in [0.2, 0.25) is 0 Å². The normalized spacial score (nSPS) is 17.2. The van der Waals surface area contributed by atoms with Crippen molar-refractivity contribution in [2.24, 2.45) is 0 Å². The quantitative estimate of drug-likeness (QED) is 0.167. The molecule has 0 aliphatic carbocycles. The molecule has 3 unspecified atom stereocenters. The number of aromatic nitrogens is 1. The van der Waals surface area contributed by atoms with E-state index in [1.807, 2.05) is 24.4 Å². The molecule has 212 valence electrons. The Morgan fingerprint density at radius 2 is 1.27 bits per heavy atom. The lowest BCUT2D eigenvalue weighted by atomic mass is 9.92. The van der Waals surface area contributed by atoms with Gasteiger partial charge in [0.05, 0.1) is 11.6 Å². The fraction of sp³-hybridized carbons (Fsp3) is 0.0488. The van der Waals surface area contributed by atoms with Gasteiger partial charge in [-0.3, -0.25) is 4.98 Å². The Balaban J connectivity index is 1.18. The molecule has 7 aromatic carbocycles. The Kier molecular flexibility index (Phi) is 5.23. The Morgan fingerprint density at radius 1 is 0.556 bits per heavy atom. The van der Waals surface area contributed by atoms with Crippen molar-refractivity contribution in [2.45, 2.75) is 12.2 Å². The first-order valence-electron chi connectivity index (χ1n) is 15.4. The van der Waals surface area contributed by atoms with E-state index in [1.165, 1.54) is 54.4 Å². The highest BCUT2D eigenvalue weighted by Crippen LogP contribution is 2.46. The minimum Gasteiger partial charge on any atom is -0.456 e. The molecule has 1 saturated heterocycles. The number of fused-ring (bicyclic) bond motifs is 9. The van der Waals surface area contributed by atoms with Crippen molar-refractivity contribution in [1.82, 2.24) is 15.4 Å². The van der Waals surface area contributed by atoms with E-state index in [0.717, 1.165) is 27.5 Å². The molecule has 3 atom stereocenters. The Hall–Kier alpha value is -5.55. The highest BCUT2D eigenvalue weighted by molar-refractivity contribution is 6.19. The molecular formula is C41H27N3O. The van der Waals surface area contributed by atoms with Gasteiger partial charge in [0, 0.05) is 27.7 Å². The number of pyridine rings is 1. The minimum absolute atomic E-state index is 0.0179. The molecule has 0 spiro atoms. The van der Waals surface area contributed by atoms with E-state index in [-0.39, 0.29) is 12.2 Å². The summed E-state index contributed by atoms with van der Waals surface area (Å²) >= 11 is 0. The standard InChI is InChI=1S/C41H27N3O/c1-2-8-29-23-30(20-14-25(29)7-1)40(44-41(43-44)33-11-5-13-36-38(33)32-10-3-4-12-35(32)45-36)31-21-16-26-15-17-27-18-19-28-9-6-22-42-39(28)37(27)34(26)24-31/h1-24,40-41,43H. The highest BCUT2D eigenvalue weighted by atomic mass is 16.3. The third-order valence-corrected chi connectivity index (χ3v) is 9.49. The zero-order chi connectivity index (χ0) is 29.5. The molecule has 1 fully saturated rings. The fourth-order valence-corrected chi connectivity index (χ4v) is 7.34. The zero-order valence-electron chi connectivity index (χ0n) is 24.3. The summed E-state index contributed by atoms with van der Waals surface area (Å²) in [6.07, 6.45) is 1.93. The molecule has 10 rings (SSSR count). The van der Waals surface area contributed by atoms with Crippen LogP contribution in [0.1, 0.15) is 28.9 Å². The van der Waals surface area contributed by atoms with Gasteiger partial charge in [-0.15, -0.1) is 0 Å². The van der Waals surface area contributed by atoms with E-state index in [0.29, 0.717) is 0 Å². The van der Waals surface area contributed by atoms with Gasteiger partial charge >= 0.3 is 0 Å². The summed E-state index contributed by atoms with van der Waals surface area (Å²) in [5, 5.41) is 13.2. The summed E-state index contributed by atoms with van der Waals surface area (Å²) in [6.45, 7) is 0. The monoisotopic (exact) mass is 577 g/mol. The summed E-state index contributed by atoms with van der Waals surface area (Å²) in [5.41, 5.74) is 10.4. The van der Waals surface area contributed by atoms with Gasteiger partial charge in [-0.25, -0.2) is 10.4 Å². The summed E-state index contributed by atoms with van der Waals surface area (Å²) in [4.78, 5) is 4.84. The molecule has 0 amide bonds. The van der Waals surface area contributed by atoms with Crippen LogP contribution in [0, 0.1) is 0 Å². The lowest BCUT2D eigenvalue weighted by Gasteiger charge is -2.21. The minimum atomic E-state index is -0.0179. The van der Waals surface area contributed by atoms with Crippen LogP contribution in [0.2, 0.25) is 0 Å². The fourth-order valence-electron chi connectivity index (χ4n) is 7.34. The third kappa shape index (κ3) is 3.83. The van der Waals surface area contributed by atoms with Crippen molar-refractivity contribution in [3.8, 4) is 0 Å². The van der Waals surface area contributed by atoms with Crippen LogP contribution >= 0.6 is 0 Å². The van der Waals surface area contributed by atoms with Crippen molar-refractivity contribution in [1.29, 1.82) is 0 Å². The van der Waals surface area contributed by atoms with Crippen LogP contribution < -0.4 is 5.43 Å². The van der Waals surface area contributed by atoms with Crippen LogP contribution in [0.5, 0.6) is 0 Å². The first-order chi connectivity index (χ1) is 22.3. The number of hydrazine groups is 1. The van der Waals surface area contributed by atoms with Crippen LogP contribution in [0.3, 0.4) is 0 Å². The number of hydrogen-bond donors (Lipinski definition) is 1. The maximum atomic E-state index is 6.26. The van der Waals surface area contributed by atoms with E-state index in [2.05, 4.69) is 132 Å². The molecule has 3 heterocycles. The van der Waals surface area contributed by atoms with E-state index < -0.39 is 0 Å². The molecule has 45 heavy (non-hydrogen) atoms. The second-order valence-electron chi connectivity index (χ2n) is 12.1. The number of furan rings is 1. The Bertz CT molecular complexity index is 2610. The van der Waals surface area contributed by atoms with Crippen LogP contribution in [-0.4, -0.2) is 9.99 Å². The molecule has 1 aliphatic rings. The van der Waals surface area contributed by atoms with E-state index in [4.69, 9.17) is 9.40 Å². The van der Waals surface area contributed by atoms with Gasteiger partial charge in [0.1, 0.15) is 17.3 Å². The molecule has 9 aromatic rings. The summed E-state index contributed by atoms with van der Waals surface area (Å²) in [7, 11) is 0. The number of rotatable bonds is 4. The van der Waals surface area contributed by atoms with Crippen molar-refractivity contribution in [2.75, 3.05) is 0 Å². The van der Waals surface area contributed by atoms with E-state index >= 15 is 0 Å². The summed E-state index contributed by atoms with van der Waals surface area (Å²) in [6, 6.07) is 50.1. The predicted molar refractivity (Wildman–Crippen MR) is 184 cm³/mol. The molecule has 1 aliphatic heterocycles. The average molecular weight is 578 g/mol. The SMILES string of the molecule is c1ccc2cc(C(c3ccc4ccc5ccc6cccnc6c5c4c3)N3NC3c3cccc4oc5ccccc5c34)ccc2c1. The maximum Gasteiger partial charge on any atom is 0.135 e. The Morgan fingerprint density at radius 3 is 2.20 bits per heavy atom. The first kappa shape index (κ1) is 24.8. The molecule has 0 bridgehead atoms. The van der Waals surface area contributed by atoms with Crippen LogP contribution in [0.4, 0.5) is 0 Å². The number of benzene rings is 7. The van der Waals surface area contributed by atoms with Crippen LogP contribution in [0.25, 0.3) is 65.2 Å². The van der Waals surface area contributed by atoms with Gasteiger partial charge in [-0.05, 0) is 74.0 Å². The molecule has 4 heteroatoms. The number of nitrogens with zero attached hydrogens (tertiary/aromatic N) is 2. The van der Waals surface area contributed by atoms with Crippen molar-refractivity contribution in [3.05, 3.63) is 162 Å². The van der Waals surface area contributed by atoms with Gasteiger partial charge in [0.15, 0.2) is 0 Å². The number of para-hydroxylation sites is 1. The van der Waals surface area contributed by atoms with E-state index in [1.54, 1.807) is 0 Å². The first-order valence-corrected chi connectivity index (χ1v) is 15.4. The van der Waals surface area contributed by atoms with Gasteiger partial charge in [-0.2, -0.15) is 0 Å². The topological polar surface area (TPSA) is 51.0 Å². The Labute approximate surface area is 259 Å². The predicted octanol–water partition coefficient (Wildman–Crippen LogP) is 10.2. The highest BCUT2D eigenvalue weighted by Gasteiger charge is 2.43. The third-order valence-electron chi connectivity index (χ3n) is 9.49. The second-order valence-corrected chi connectivity index (χ2v) is 12.1. The smallest absolute Gasteiger partial charge is 0.135 e. The van der Waals surface area contributed by atoms with Crippen LogP contribution in [0.15, 0.2) is 150 Å². The van der Waals surface area contributed by atoms with Crippen molar-refractivity contribution >= 4 is 65.2 Å². The zero-order valence-corrected chi connectivity index (χ0v) is 24.3. The number of nitrogens with one attached hydrogen (secondary N) is 1. The van der Waals surface area contributed by atoms with E-state index in [9.17, 15) is 0 Å². The van der Waals surface area contributed by atoms with Gasteiger partial charge in [0.25, 0.3) is 0 Å². The molecular weight excluding hydrogens is 550 g/mol. The van der Waals surface area contributed by atoms with Crippen molar-refractivity contribution in [3.63, 3.8) is 0 Å². The lowest BCUT2D eigenvalue weighted by molar-refractivity contribution is 0.410. The second kappa shape index (κ2) is 9.47. The molecule has 1 N–H and O–H groups in total. The maximum absolute atomic E-state index is 6.26. The summed E-state index contributed by atoms with van der Waals surface area (Å²) in [5.74, 6) is 0. The lowest BCUT2D eigenvalue weighted by Crippen LogP contribution is -2.14. The van der Waals surface area contributed by atoms with Gasteiger partial charge in [-0.1, -0.05) is 109 Å². The van der Waals surface area contributed by atoms with Gasteiger partial charge < -0.3 is 4.42 Å². The molecule has 0 saturated carbocycles. The average Bonchev–Trinajstić information content (AvgIpc) is 3.78. The molecule has 0 radical (unpaired) electrons. The largest absolute Gasteiger partial charge is 0.456 e.